The van der Waals surface area contributed by atoms with E-state index in [4.69, 9.17) is 4.74 Å². The summed E-state index contributed by atoms with van der Waals surface area (Å²) in [7, 11) is 0. The lowest BCUT2D eigenvalue weighted by atomic mass is 10.1. The normalized spacial score (nSPS) is 10.2. The van der Waals surface area contributed by atoms with Crippen LogP contribution in [0.2, 0.25) is 0 Å². The molecule has 0 unspecified atom stereocenters. The summed E-state index contributed by atoms with van der Waals surface area (Å²) in [6.07, 6.45) is 0. The SMILES string of the molecule is Cc1cc(C(=O)OCC(=O)c2ccc(NC(=O)c3ccccc3)cc2)ccc1[N+](=O)[O-]. The van der Waals surface area contributed by atoms with Crippen molar-refractivity contribution in [3.63, 3.8) is 0 Å². The number of carbonyl (C=O) groups excluding carboxylic acids is 3. The first-order valence-corrected chi connectivity index (χ1v) is 9.27. The summed E-state index contributed by atoms with van der Waals surface area (Å²) in [5, 5.41) is 13.6. The molecule has 0 aliphatic carbocycles. The monoisotopic (exact) mass is 418 g/mol. The van der Waals surface area contributed by atoms with E-state index in [2.05, 4.69) is 5.32 Å². The highest BCUT2D eigenvalue weighted by Crippen LogP contribution is 2.19. The molecule has 0 fully saturated rings. The van der Waals surface area contributed by atoms with E-state index < -0.39 is 23.3 Å². The first-order chi connectivity index (χ1) is 14.8. The molecule has 3 rings (SSSR count). The van der Waals surface area contributed by atoms with Crippen molar-refractivity contribution in [2.75, 3.05) is 11.9 Å². The average Bonchev–Trinajstić information content (AvgIpc) is 2.78. The van der Waals surface area contributed by atoms with Crippen LogP contribution >= 0.6 is 0 Å². The van der Waals surface area contributed by atoms with Gasteiger partial charge in [-0.2, -0.15) is 0 Å². The maximum atomic E-state index is 12.3. The Labute approximate surface area is 177 Å². The van der Waals surface area contributed by atoms with Crippen LogP contribution in [0.1, 0.15) is 36.6 Å². The Morgan fingerprint density at radius 2 is 1.55 bits per heavy atom. The van der Waals surface area contributed by atoms with Crippen LogP contribution in [0.15, 0.2) is 72.8 Å². The van der Waals surface area contributed by atoms with Crippen molar-refractivity contribution in [1.82, 2.24) is 0 Å². The highest BCUT2D eigenvalue weighted by atomic mass is 16.6. The summed E-state index contributed by atoms with van der Waals surface area (Å²) in [5.41, 5.74) is 1.67. The van der Waals surface area contributed by atoms with Gasteiger partial charge in [0.2, 0.25) is 0 Å². The molecule has 0 aromatic heterocycles. The van der Waals surface area contributed by atoms with Crippen LogP contribution in [0, 0.1) is 17.0 Å². The average molecular weight is 418 g/mol. The number of ether oxygens (including phenoxy) is 1. The summed E-state index contributed by atoms with van der Waals surface area (Å²) in [5.74, 6) is -1.45. The molecule has 31 heavy (non-hydrogen) atoms. The molecule has 3 aromatic carbocycles. The number of nitro groups is 1. The number of rotatable bonds is 7. The highest BCUT2D eigenvalue weighted by molar-refractivity contribution is 6.05. The third-order valence-corrected chi connectivity index (χ3v) is 4.46. The Balaban J connectivity index is 1.57. The van der Waals surface area contributed by atoms with Crippen LogP contribution in [-0.4, -0.2) is 29.2 Å². The molecule has 0 saturated carbocycles. The zero-order valence-corrected chi connectivity index (χ0v) is 16.5. The van der Waals surface area contributed by atoms with Crippen LogP contribution in [0.5, 0.6) is 0 Å². The van der Waals surface area contributed by atoms with E-state index in [9.17, 15) is 24.5 Å². The lowest BCUT2D eigenvalue weighted by Crippen LogP contribution is -2.15. The number of nitrogens with one attached hydrogen (secondary N) is 1. The third kappa shape index (κ3) is 5.39. The second kappa shape index (κ2) is 9.45. The lowest BCUT2D eigenvalue weighted by Gasteiger charge is -2.07. The first-order valence-electron chi connectivity index (χ1n) is 9.27. The van der Waals surface area contributed by atoms with Gasteiger partial charge in [0.15, 0.2) is 12.4 Å². The van der Waals surface area contributed by atoms with E-state index in [1.807, 2.05) is 6.07 Å². The van der Waals surface area contributed by atoms with Gasteiger partial charge in [-0.3, -0.25) is 19.7 Å². The molecular formula is C23H18N2O6. The number of nitro benzene ring substituents is 1. The van der Waals surface area contributed by atoms with Crippen LogP contribution in [-0.2, 0) is 4.74 Å². The van der Waals surface area contributed by atoms with E-state index >= 15 is 0 Å². The predicted molar refractivity (Wildman–Crippen MR) is 113 cm³/mol. The van der Waals surface area contributed by atoms with Gasteiger partial charge in [-0.25, -0.2) is 4.79 Å². The van der Waals surface area contributed by atoms with E-state index in [0.717, 1.165) is 0 Å². The molecule has 0 aliphatic heterocycles. The number of ketones is 1. The molecule has 156 valence electrons. The molecule has 0 heterocycles. The van der Waals surface area contributed by atoms with E-state index in [1.165, 1.54) is 37.3 Å². The van der Waals surface area contributed by atoms with Crippen molar-refractivity contribution in [2.45, 2.75) is 6.92 Å². The topological polar surface area (TPSA) is 116 Å². The lowest BCUT2D eigenvalue weighted by molar-refractivity contribution is -0.385. The smallest absolute Gasteiger partial charge is 0.338 e. The number of benzene rings is 3. The zero-order chi connectivity index (χ0) is 22.4. The van der Waals surface area contributed by atoms with E-state index in [1.54, 1.807) is 36.4 Å². The van der Waals surface area contributed by atoms with Crippen molar-refractivity contribution in [2.24, 2.45) is 0 Å². The maximum Gasteiger partial charge on any atom is 0.338 e. The minimum Gasteiger partial charge on any atom is -0.454 e. The van der Waals surface area contributed by atoms with Crippen LogP contribution in [0.25, 0.3) is 0 Å². The Bertz CT molecular complexity index is 1140. The number of esters is 1. The Kier molecular flexibility index (Phi) is 6.51. The second-order valence-corrected chi connectivity index (χ2v) is 6.66. The van der Waals surface area contributed by atoms with Gasteiger partial charge in [-0.05, 0) is 55.5 Å². The first kappa shape index (κ1) is 21.4. The largest absolute Gasteiger partial charge is 0.454 e. The number of carbonyl (C=O) groups is 3. The van der Waals surface area contributed by atoms with Crippen LogP contribution < -0.4 is 5.32 Å². The Morgan fingerprint density at radius 1 is 0.903 bits per heavy atom. The fraction of sp³-hybridized carbons (Fsp3) is 0.0870. The van der Waals surface area contributed by atoms with Gasteiger partial charge in [-0.15, -0.1) is 0 Å². The quantitative estimate of drug-likeness (QED) is 0.266. The number of amides is 1. The number of hydrogen-bond acceptors (Lipinski definition) is 6. The van der Waals surface area contributed by atoms with Gasteiger partial charge in [0.25, 0.3) is 11.6 Å². The molecule has 1 N–H and O–H groups in total. The van der Waals surface area contributed by atoms with Crippen LogP contribution in [0.4, 0.5) is 11.4 Å². The van der Waals surface area contributed by atoms with Crippen molar-refractivity contribution in [3.05, 3.63) is 105 Å². The van der Waals surface area contributed by atoms with E-state index in [-0.39, 0.29) is 17.2 Å². The van der Waals surface area contributed by atoms with Gasteiger partial charge < -0.3 is 10.1 Å². The summed E-state index contributed by atoms with van der Waals surface area (Å²) in [4.78, 5) is 46.9. The molecule has 1 amide bonds. The maximum absolute atomic E-state index is 12.3. The van der Waals surface area contributed by atoms with Crippen molar-refractivity contribution in [1.29, 1.82) is 0 Å². The zero-order valence-electron chi connectivity index (χ0n) is 16.5. The molecule has 8 nitrogen and oxygen atoms in total. The van der Waals surface area contributed by atoms with E-state index in [0.29, 0.717) is 22.4 Å². The number of nitrogens with zero attached hydrogens (tertiary/aromatic N) is 1. The highest BCUT2D eigenvalue weighted by Gasteiger charge is 2.16. The summed E-state index contributed by atoms with van der Waals surface area (Å²) in [6, 6.07) is 18.7. The molecule has 0 saturated heterocycles. The summed E-state index contributed by atoms with van der Waals surface area (Å²) < 4.78 is 5.02. The van der Waals surface area contributed by atoms with Crippen molar-refractivity contribution >= 4 is 29.0 Å². The molecular weight excluding hydrogens is 400 g/mol. The Hall–Kier alpha value is -4.33. The minimum atomic E-state index is -0.752. The van der Waals surface area contributed by atoms with Crippen molar-refractivity contribution < 1.29 is 24.0 Å². The molecule has 0 bridgehead atoms. The van der Waals surface area contributed by atoms with Crippen molar-refractivity contribution in [3.8, 4) is 0 Å². The number of anilines is 1. The standard InChI is InChI=1S/C23H18N2O6/c1-15-13-18(9-12-20(15)25(29)30)23(28)31-14-21(26)16-7-10-19(11-8-16)24-22(27)17-5-3-2-4-6-17/h2-13H,14H2,1H3,(H,24,27). The fourth-order valence-electron chi connectivity index (χ4n) is 2.82. The Morgan fingerprint density at radius 3 is 2.16 bits per heavy atom. The summed E-state index contributed by atoms with van der Waals surface area (Å²) >= 11 is 0. The molecule has 3 aromatic rings. The molecule has 8 heteroatoms. The minimum absolute atomic E-state index is 0.105. The molecule has 0 aliphatic rings. The number of Topliss-reactive ketones (excluding diaryl/α,β-unsaturated/α-hetero) is 1. The van der Waals surface area contributed by atoms with Gasteiger partial charge >= 0.3 is 5.97 Å². The third-order valence-electron chi connectivity index (χ3n) is 4.46. The predicted octanol–water partition coefficient (Wildman–Crippen LogP) is 4.20. The van der Waals surface area contributed by atoms with Crippen LogP contribution in [0.3, 0.4) is 0 Å². The van der Waals surface area contributed by atoms with Gasteiger partial charge in [0.05, 0.1) is 10.5 Å². The molecule has 0 radical (unpaired) electrons. The number of hydrogen-bond donors (Lipinski definition) is 1. The van der Waals surface area contributed by atoms with Gasteiger partial charge in [0, 0.05) is 28.4 Å². The number of aryl methyl sites for hydroxylation is 1. The summed E-state index contributed by atoms with van der Waals surface area (Å²) in [6.45, 7) is 1.03. The van der Waals surface area contributed by atoms with Gasteiger partial charge in [-0.1, -0.05) is 18.2 Å². The van der Waals surface area contributed by atoms with Gasteiger partial charge in [0.1, 0.15) is 0 Å². The molecule has 0 atom stereocenters. The fourth-order valence-corrected chi connectivity index (χ4v) is 2.82. The molecule has 0 spiro atoms. The second-order valence-electron chi connectivity index (χ2n) is 6.66.